The molecule has 0 bridgehead atoms. The maximum absolute atomic E-state index is 12.3. The van der Waals surface area contributed by atoms with E-state index < -0.39 is 5.41 Å². The van der Waals surface area contributed by atoms with Crippen molar-refractivity contribution in [1.29, 1.82) is 0 Å². The first kappa shape index (κ1) is 13.4. The second kappa shape index (κ2) is 5.32. The number of nitrogens with zero attached hydrogens (tertiary/aromatic N) is 1. The smallest absolute Gasteiger partial charge is 0.233 e. The van der Waals surface area contributed by atoms with Crippen LogP contribution in [0.1, 0.15) is 36.3 Å². The van der Waals surface area contributed by atoms with E-state index in [0.29, 0.717) is 11.5 Å². The van der Waals surface area contributed by atoms with Crippen LogP contribution in [-0.4, -0.2) is 15.9 Å². The fourth-order valence-corrected chi connectivity index (χ4v) is 3.40. The predicted molar refractivity (Wildman–Crippen MR) is 76.4 cm³/mol. The van der Waals surface area contributed by atoms with Crippen LogP contribution in [0.2, 0.25) is 0 Å². The zero-order chi connectivity index (χ0) is 13.2. The van der Waals surface area contributed by atoms with Gasteiger partial charge in [0.05, 0.1) is 28.2 Å². The largest absolute Gasteiger partial charge is 0.392 e. The van der Waals surface area contributed by atoms with E-state index in [4.69, 9.17) is 18.0 Å². The van der Waals surface area contributed by atoms with Crippen molar-refractivity contribution < 1.29 is 4.79 Å². The summed E-state index contributed by atoms with van der Waals surface area (Å²) in [6.07, 6.45) is 3.58. The molecule has 0 aromatic carbocycles. The summed E-state index contributed by atoms with van der Waals surface area (Å²) in [5.74, 6) is -0.0275. The molecule has 0 radical (unpaired) electrons. The summed E-state index contributed by atoms with van der Waals surface area (Å²) in [5.41, 5.74) is 7.91. The van der Waals surface area contributed by atoms with Gasteiger partial charge >= 0.3 is 0 Å². The van der Waals surface area contributed by atoms with E-state index in [9.17, 15) is 4.79 Å². The van der Waals surface area contributed by atoms with Crippen molar-refractivity contribution in [2.45, 2.75) is 39.2 Å². The Balaban J connectivity index is 2.03. The summed E-state index contributed by atoms with van der Waals surface area (Å²) in [5, 5.41) is 2.95. The molecule has 1 saturated carbocycles. The van der Waals surface area contributed by atoms with Crippen molar-refractivity contribution in [2.24, 2.45) is 11.1 Å². The predicted octanol–water partition coefficient (Wildman–Crippen LogP) is 1.91. The maximum atomic E-state index is 12.3. The Hall–Kier alpha value is -1.01. The molecule has 3 N–H and O–H groups in total. The van der Waals surface area contributed by atoms with Crippen LogP contribution < -0.4 is 11.1 Å². The highest BCUT2D eigenvalue weighted by atomic mass is 32.1. The Kier molecular flexibility index (Phi) is 3.97. The Morgan fingerprint density at radius 2 is 2.28 bits per heavy atom. The fourth-order valence-electron chi connectivity index (χ4n) is 2.39. The molecule has 0 atom stereocenters. The van der Waals surface area contributed by atoms with E-state index in [2.05, 4.69) is 10.3 Å². The molecule has 98 valence electrons. The number of carbonyl (C=O) groups is 1. The average Bonchev–Trinajstić information content (AvgIpc) is 2.95. The van der Waals surface area contributed by atoms with Crippen LogP contribution in [0.3, 0.4) is 0 Å². The van der Waals surface area contributed by atoms with Gasteiger partial charge in [-0.05, 0) is 19.8 Å². The second-order valence-corrected chi connectivity index (χ2v) is 6.08. The summed E-state index contributed by atoms with van der Waals surface area (Å²) in [6.45, 7) is 2.45. The van der Waals surface area contributed by atoms with Crippen molar-refractivity contribution in [3.63, 3.8) is 0 Å². The summed E-state index contributed by atoms with van der Waals surface area (Å²) in [7, 11) is 0. The van der Waals surface area contributed by atoms with E-state index in [1.807, 2.05) is 6.92 Å². The molecule has 1 aromatic rings. The number of aryl methyl sites for hydroxylation is 1. The van der Waals surface area contributed by atoms with E-state index in [-0.39, 0.29) is 5.91 Å². The van der Waals surface area contributed by atoms with Crippen LogP contribution in [0.4, 0.5) is 0 Å². The van der Waals surface area contributed by atoms with E-state index in [1.54, 1.807) is 16.8 Å². The van der Waals surface area contributed by atoms with Gasteiger partial charge in [0.15, 0.2) is 0 Å². The highest BCUT2D eigenvalue weighted by Gasteiger charge is 2.43. The molecule has 0 spiro atoms. The van der Waals surface area contributed by atoms with Crippen molar-refractivity contribution >= 4 is 34.5 Å². The van der Waals surface area contributed by atoms with Gasteiger partial charge in [0, 0.05) is 4.88 Å². The Morgan fingerprint density at radius 3 is 2.78 bits per heavy atom. The Labute approximate surface area is 116 Å². The molecule has 2 rings (SSSR count). The SMILES string of the molecule is Cc1ncsc1CNC(=O)C1(C(N)=S)CCCC1. The van der Waals surface area contributed by atoms with Crippen molar-refractivity contribution in [3.8, 4) is 0 Å². The van der Waals surface area contributed by atoms with Crippen LogP contribution in [0.5, 0.6) is 0 Å². The molecule has 1 amide bonds. The molecule has 1 aliphatic carbocycles. The van der Waals surface area contributed by atoms with Crippen LogP contribution >= 0.6 is 23.6 Å². The minimum absolute atomic E-state index is 0.0275. The molecule has 4 nitrogen and oxygen atoms in total. The van der Waals surface area contributed by atoms with Gasteiger partial charge in [-0.2, -0.15) is 0 Å². The van der Waals surface area contributed by atoms with Gasteiger partial charge in [-0.3, -0.25) is 4.79 Å². The molecular formula is C12H17N3OS2. The number of nitrogens with one attached hydrogen (secondary N) is 1. The molecule has 1 aliphatic rings. The van der Waals surface area contributed by atoms with Gasteiger partial charge in [0.25, 0.3) is 0 Å². The monoisotopic (exact) mass is 283 g/mol. The number of rotatable bonds is 4. The number of hydrogen-bond acceptors (Lipinski definition) is 4. The van der Waals surface area contributed by atoms with Crippen LogP contribution in [-0.2, 0) is 11.3 Å². The number of thiazole rings is 1. The lowest BCUT2D eigenvalue weighted by molar-refractivity contribution is -0.127. The first-order chi connectivity index (χ1) is 8.56. The molecule has 1 aromatic heterocycles. The highest BCUT2D eigenvalue weighted by Crippen LogP contribution is 2.38. The van der Waals surface area contributed by atoms with Crippen LogP contribution in [0.15, 0.2) is 5.51 Å². The summed E-state index contributed by atoms with van der Waals surface area (Å²) in [4.78, 5) is 17.9. The topological polar surface area (TPSA) is 68.0 Å². The van der Waals surface area contributed by atoms with Gasteiger partial charge in [-0.1, -0.05) is 25.1 Å². The third-order valence-corrected chi connectivity index (χ3v) is 4.94. The molecular weight excluding hydrogens is 266 g/mol. The molecule has 0 saturated heterocycles. The van der Waals surface area contributed by atoms with E-state index in [0.717, 1.165) is 36.3 Å². The quantitative estimate of drug-likeness (QED) is 0.828. The lowest BCUT2D eigenvalue weighted by atomic mass is 9.85. The first-order valence-corrected chi connectivity index (χ1v) is 7.32. The molecule has 0 aliphatic heterocycles. The lowest BCUT2D eigenvalue weighted by Gasteiger charge is -2.26. The van der Waals surface area contributed by atoms with Gasteiger partial charge in [0.2, 0.25) is 5.91 Å². The Morgan fingerprint density at radius 1 is 1.61 bits per heavy atom. The van der Waals surface area contributed by atoms with E-state index in [1.165, 1.54) is 0 Å². The minimum Gasteiger partial charge on any atom is -0.392 e. The third kappa shape index (κ3) is 2.40. The molecule has 1 heterocycles. The fraction of sp³-hybridized carbons (Fsp3) is 0.583. The summed E-state index contributed by atoms with van der Waals surface area (Å²) >= 11 is 6.64. The van der Waals surface area contributed by atoms with Crippen molar-refractivity contribution in [1.82, 2.24) is 10.3 Å². The summed E-state index contributed by atoms with van der Waals surface area (Å²) in [6, 6.07) is 0. The zero-order valence-corrected chi connectivity index (χ0v) is 12.0. The second-order valence-electron chi connectivity index (χ2n) is 4.70. The van der Waals surface area contributed by atoms with Gasteiger partial charge in [0.1, 0.15) is 0 Å². The number of thiocarbonyl (C=S) groups is 1. The van der Waals surface area contributed by atoms with Crippen LogP contribution in [0.25, 0.3) is 0 Å². The normalized spacial score (nSPS) is 17.6. The maximum Gasteiger partial charge on any atom is 0.233 e. The average molecular weight is 283 g/mol. The van der Waals surface area contributed by atoms with Crippen molar-refractivity contribution in [3.05, 3.63) is 16.1 Å². The number of hydrogen-bond donors (Lipinski definition) is 2. The standard InChI is InChI=1S/C12H17N3OS2/c1-8-9(18-7-15-8)6-14-11(16)12(10(13)17)4-2-3-5-12/h7H,2-6H2,1H3,(H2,13,17)(H,14,16). The molecule has 18 heavy (non-hydrogen) atoms. The molecule has 0 unspecified atom stereocenters. The number of aromatic nitrogens is 1. The third-order valence-electron chi connectivity index (χ3n) is 3.62. The molecule has 1 fully saturated rings. The number of amides is 1. The Bertz CT molecular complexity index is 464. The number of nitrogens with two attached hydrogens (primary N) is 1. The molecule has 6 heteroatoms. The van der Waals surface area contributed by atoms with Crippen molar-refractivity contribution in [2.75, 3.05) is 0 Å². The van der Waals surface area contributed by atoms with Gasteiger partial charge in [-0.25, -0.2) is 4.98 Å². The summed E-state index contributed by atoms with van der Waals surface area (Å²) < 4.78 is 0. The zero-order valence-electron chi connectivity index (χ0n) is 10.4. The van der Waals surface area contributed by atoms with Gasteiger partial charge in [-0.15, -0.1) is 11.3 Å². The first-order valence-electron chi connectivity index (χ1n) is 6.03. The van der Waals surface area contributed by atoms with E-state index >= 15 is 0 Å². The highest BCUT2D eigenvalue weighted by molar-refractivity contribution is 7.80. The number of carbonyl (C=O) groups excluding carboxylic acids is 1. The lowest BCUT2D eigenvalue weighted by Crippen LogP contribution is -2.46. The van der Waals surface area contributed by atoms with Gasteiger partial charge < -0.3 is 11.1 Å². The van der Waals surface area contributed by atoms with Crippen LogP contribution in [0, 0.1) is 12.3 Å². The minimum atomic E-state index is -0.617.